The van der Waals surface area contributed by atoms with Crippen molar-refractivity contribution < 1.29 is 13.9 Å². The van der Waals surface area contributed by atoms with Gasteiger partial charge in [0.1, 0.15) is 5.75 Å². The van der Waals surface area contributed by atoms with Gasteiger partial charge in [0.2, 0.25) is 11.8 Å². The van der Waals surface area contributed by atoms with Crippen LogP contribution in [0.1, 0.15) is 23.6 Å². The van der Waals surface area contributed by atoms with Crippen LogP contribution in [0.25, 0.3) is 11.5 Å². The number of ether oxygens (including phenoxy) is 1. The van der Waals surface area contributed by atoms with Crippen LogP contribution in [0.3, 0.4) is 0 Å². The standard InChI is InChI=1S/C21H23N3O3S/c1-13-9-14(2)11-17(10-13)20-23-24-21(27-20)28-15(3)19(25)22-12-16-7-5-6-8-18(16)26-4/h5-11,15H,12H2,1-4H3,(H,22,25)/t15-/m0/s1. The van der Waals surface area contributed by atoms with E-state index in [0.29, 0.717) is 17.7 Å². The predicted octanol–water partition coefficient (Wildman–Crippen LogP) is 4.16. The highest BCUT2D eigenvalue weighted by molar-refractivity contribution is 8.00. The number of carbonyl (C=O) groups is 1. The van der Waals surface area contributed by atoms with Crippen LogP contribution in [0.5, 0.6) is 5.75 Å². The molecule has 2 aromatic carbocycles. The second-order valence-corrected chi connectivity index (χ2v) is 7.83. The van der Waals surface area contributed by atoms with Gasteiger partial charge < -0.3 is 14.5 Å². The van der Waals surface area contributed by atoms with E-state index in [0.717, 1.165) is 28.0 Å². The molecule has 1 aromatic heterocycles. The number of aromatic nitrogens is 2. The zero-order chi connectivity index (χ0) is 20.1. The van der Waals surface area contributed by atoms with E-state index in [1.807, 2.05) is 57.2 Å². The second kappa shape index (κ2) is 8.93. The van der Waals surface area contributed by atoms with E-state index in [9.17, 15) is 4.79 Å². The van der Waals surface area contributed by atoms with Crippen LogP contribution < -0.4 is 10.1 Å². The summed E-state index contributed by atoms with van der Waals surface area (Å²) in [6.07, 6.45) is 0. The Hall–Kier alpha value is -2.80. The fourth-order valence-corrected chi connectivity index (χ4v) is 3.56. The zero-order valence-corrected chi connectivity index (χ0v) is 17.2. The molecule has 0 aliphatic carbocycles. The van der Waals surface area contributed by atoms with Gasteiger partial charge >= 0.3 is 0 Å². The molecule has 146 valence electrons. The Labute approximate surface area is 168 Å². The maximum Gasteiger partial charge on any atom is 0.277 e. The minimum atomic E-state index is -0.373. The molecule has 3 rings (SSSR count). The molecule has 3 aromatic rings. The number of hydrogen-bond acceptors (Lipinski definition) is 6. The van der Waals surface area contributed by atoms with Gasteiger partial charge in [-0.25, -0.2) is 0 Å². The van der Waals surface area contributed by atoms with Crippen molar-refractivity contribution in [3.63, 3.8) is 0 Å². The Kier molecular flexibility index (Phi) is 6.36. The summed E-state index contributed by atoms with van der Waals surface area (Å²) in [5, 5.41) is 11.1. The summed E-state index contributed by atoms with van der Waals surface area (Å²) in [4.78, 5) is 12.4. The molecule has 1 N–H and O–H groups in total. The number of thioether (sulfide) groups is 1. The summed E-state index contributed by atoms with van der Waals surface area (Å²) in [5.41, 5.74) is 4.06. The number of amides is 1. The van der Waals surface area contributed by atoms with Crippen LogP contribution >= 0.6 is 11.8 Å². The van der Waals surface area contributed by atoms with Gasteiger partial charge in [0, 0.05) is 17.7 Å². The maximum atomic E-state index is 12.4. The van der Waals surface area contributed by atoms with Gasteiger partial charge in [-0.1, -0.05) is 47.2 Å². The SMILES string of the molecule is COc1ccccc1CNC(=O)[C@H](C)Sc1nnc(-c2cc(C)cc(C)c2)o1. The van der Waals surface area contributed by atoms with Crippen LogP contribution in [-0.2, 0) is 11.3 Å². The number of para-hydroxylation sites is 1. The van der Waals surface area contributed by atoms with Gasteiger partial charge in [0.25, 0.3) is 5.22 Å². The van der Waals surface area contributed by atoms with Gasteiger partial charge in [0.15, 0.2) is 0 Å². The van der Waals surface area contributed by atoms with Gasteiger partial charge in [-0.3, -0.25) is 4.79 Å². The van der Waals surface area contributed by atoms with Crippen molar-refractivity contribution in [1.29, 1.82) is 0 Å². The third-order valence-electron chi connectivity index (χ3n) is 4.17. The summed E-state index contributed by atoms with van der Waals surface area (Å²) in [7, 11) is 1.61. The van der Waals surface area contributed by atoms with E-state index < -0.39 is 0 Å². The lowest BCUT2D eigenvalue weighted by Crippen LogP contribution is -2.30. The Morgan fingerprint density at radius 3 is 2.61 bits per heavy atom. The molecule has 1 amide bonds. The first-order chi connectivity index (χ1) is 13.5. The van der Waals surface area contributed by atoms with Crippen molar-refractivity contribution in [1.82, 2.24) is 15.5 Å². The van der Waals surface area contributed by atoms with Crippen LogP contribution in [0.15, 0.2) is 52.1 Å². The fraction of sp³-hybridized carbons (Fsp3) is 0.286. The van der Waals surface area contributed by atoms with Crippen molar-refractivity contribution in [2.45, 2.75) is 37.8 Å². The monoisotopic (exact) mass is 397 g/mol. The number of methoxy groups -OCH3 is 1. The number of aryl methyl sites for hydroxylation is 2. The average molecular weight is 398 g/mol. The third-order valence-corrected chi connectivity index (χ3v) is 5.10. The number of hydrogen-bond donors (Lipinski definition) is 1. The van der Waals surface area contributed by atoms with E-state index >= 15 is 0 Å². The van der Waals surface area contributed by atoms with Crippen LogP contribution in [0.2, 0.25) is 0 Å². The average Bonchev–Trinajstić information content (AvgIpc) is 3.14. The summed E-state index contributed by atoms with van der Waals surface area (Å²) < 4.78 is 11.0. The Bertz CT molecular complexity index is 951. The van der Waals surface area contributed by atoms with Gasteiger partial charge in [-0.05, 0) is 39.0 Å². The Morgan fingerprint density at radius 1 is 1.18 bits per heavy atom. The molecule has 0 unspecified atom stereocenters. The van der Waals surface area contributed by atoms with Crippen LogP contribution in [0.4, 0.5) is 0 Å². The molecular formula is C21H23N3O3S. The van der Waals surface area contributed by atoms with Gasteiger partial charge in [-0.2, -0.15) is 0 Å². The van der Waals surface area contributed by atoms with E-state index in [1.165, 1.54) is 11.8 Å². The minimum Gasteiger partial charge on any atom is -0.496 e. The largest absolute Gasteiger partial charge is 0.496 e. The minimum absolute atomic E-state index is 0.109. The summed E-state index contributed by atoms with van der Waals surface area (Å²) >= 11 is 1.24. The maximum absolute atomic E-state index is 12.4. The zero-order valence-electron chi connectivity index (χ0n) is 16.4. The lowest BCUT2D eigenvalue weighted by atomic mass is 10.1. The summed E-state index contributed by atoms with van der Waals surface area (Å²) in [6.45, 7) is 6.25. The van der Waals surface area contributed by atoms with Gasteiger partial charge in [0.05, 0.1) is 12.4 Å². The molecule has 28 heavy (non-hydrogen) atoms. The van der Waals surface area contributed by atoms with Crippen molar-refractivity contribution in [3.05, 3.63) is 59.2 Å². The number of benzene rings is 2. The van der Waals surface area contributed by atoms with E-state index in [-0.39, 0.29) is 11.2 Å². The third kappa shape index (κ3) is 4.92. The molecule has 0 radical (unpaired) electrons. The quantitative estimate of drug-likeness (QED) is 0.603. The molecule has 1 atom stereocenters. The summed E-state index contributed by atoms with van der Waals surface area (Å²) in [6, 6.07) is 13.7. The van der Waals surface area contributed by atoms with Gasteiger partial charge in [-0.15, -0.1) is 10.2 Å². The first-order valence-electron chi connectivity index (χ1n) is 8.94. The highest BCUT2D eigenvalue weighted by Crippen LogP contribution is 2.27. The Morgan fingerprint density at radius 2 is 1.89 bits per heavy atom. The first-order valence-corrected chi connectivity index (χ1v) is 9.82. The lowest BCUT2D eigenvalue weighted by molar-refractivity contribution is -0.120. The molecule has 0 aliphatic rings. The first kappa shape index (κ1) is 19.9. The topological polar surface area (TPSA) is 77.2 Å². The number of carbonyl (C=O) groups excluding carboxylic acids is 1. The normalized spacial score (nSPS) is 11.9. The van der Waals surface area contributed by atoms with Crippen LogP contribution in [0, 0.1) is 13.8 Å². The smallest absolute Gasteiger partial charge is 0.277 e. The molecule has 7 heteroatoms. The highest BCUT2D eigenvalue weighted by atomic mass is 32.2. The van der Waals surface area contributed by atoms with E-state index in [2.05, 4.69) is 21.6 Å². The van der Waals surface area contributed by atoms with Crippen molar-refractivity contribution in [3.8, 4) is 17.2 Å². The second-order valence-electron chi connectivity index (χ2n) is 6.54. The lowest BCUT2D eigenvalue weighted by Gasteiger charge is -2.12. The Balaban J connectivity index is 1.60. The molecule has 0 saturated heterocycles. The van der Waals surface area contributed by atoms with Crippen molar-refractivity contribution in [2.24, 2.45) is 0 Å². The molecule has 6 nitrogen and oxygen atoms in total. The molecule has 0 spiro atoms. The van der Waals surface area contributed by atoms with Crippen LogP contribution in [-0.4, -0.2) is 28.5 Å². The highest BCUT2D eigenvalue weighted by Gasteiger charge is 2.19. The summed E-state index contributed by atoms with van der Waals surface area (Å²) in [5.74, 6) is 1.09. The molecule has 0 bridgehead atoms. The van der Waals surface area contributed by atoms with Crippen molar-refractivity contribution in [2.75, 3.05) is 7.11 Å². The molecular weight excluding hydrogens is 374 g/mol. The predicted molar refractivity (Wildman–Crippen MR) is 109 cm³/mol. The molecule has 1 heterocycles. The fourth-order valence-electron chi connectivity index (χ4n) is 2.85. The van der Waals surface area contributed by atoms with E-state index in [1.54, 1.807) is 7.11 Å². The number of nitrogens with one attached hydrogen (secondary N) is 1. The molecule has 0 fully saturated rings. The molecule has 0 aliphatic heterocycles. The van der Waals surface area contributed by atoms with E-state index in [4.69, 9.17) is 9.15 Å². The number of nitrogens with zero attached hydrogens (tertiary/aromatic N) is 2. The number of rotatable bonds is 7. The van der Waals surface area contributed by atoms with Crippen molar-refractivity contribution >= 4 is 17.7 Å². The molecule has 0 saturated carbocycles.